The smallest absolute Gasteiger partial charge is 0.211 e. The molecule has 2 N–H and O–H groups in total. The van der Waals surface area contributed by atoms with Gasteiger partial charge in [0, 0.05) is 19.1 Å². The molecule has 1 aliphatic rings. The Kier molecular flexibility index (Phi) is 6.40. The van der Waals surface area contributed by atoms with Crippen LogP contribution in [0.1, 0.15) is 26.2 Å². The Bertz CT molecular complexity index is 302. The predicted molar refractivity (Wildman–Crippen MR) is 70.6 cm³/mol. The normalized spacial score (nSPS) is 16.6. The van der Waals surface area contributed by atoms with Gasteiger partial charge in [0.1, 0.15) is 0 Å². The summed E-state index contributed by atoms with van der Waals surface area (Å²) in [6.45, 7) is 5.23. The molecule has 1 fully saturated rings. The summed E-state index contributed by atoms with van der Waals surface area (Å²) in [5.41, 5.74) is 0. The van der Waals surface area contributed by atoms with Gasteiger partial charge in [-0.2, -0.15) is 0 Å². The van der Waals surface area contributed by atoms with Crippen molar-refractivity contribution >= 4 is 10.0 Å². The minimum Gasteiger partial charge on any atom is -0.320 e. The molecule has 0 spiro atoms. The highest BCUT2D eigenvalue weighted by Crippen LogP contribution is 2.25. The van der Waals surface area contributed by atoms with Crippen LogP contribution in [-0.4, -0.2) is 58.3 Å². The van der Waals surface area contributed by atoms with Crippen molar-refractivity contribution in [1.29, 1.82) is 0 Å². The summed E-state index contributed by atoms with van der Waals surface area (Å²) in [4.78, 5) is 2.34. The van der Waals surface area contributed by atoms with Gasteiger partial charge in [0.25, 0.3) is 0 Å². The van der Waals surface area contributed by atoms with Crippen molar-refractivity contribution in [2.75, 3.05) is 39.0 Å². The van der Waals surface area contributed by atoms with E-state index in [4.69, 9.17) is 0 Å². The van der Waals surface area contributed by atoms with Crippen molar-refractivity contribution in [3.8, 4) is 0 Å². The minimum atomic E-state index is -3.08. The van der Waals surface area contributed by atoms with Gasteiger partial charge < -0.3 is 5.32 Å². The van der Waals surface area contributed by atoms with Crippen molar-refractivity contribution in [2.45, 2.75) is 32.2 Å². The molecule has 0 radical (unpaired) electrons. The van der Waals surface area contributed by atoms with Gasteiger partial charge in [-0.05, 0) is 39.4 Å². The van der Waals surface area contributed by atoms with Gasteiger partial charge >= 0.3 is 0 Å². The van der Waals surface area contributed by atoms with Gasteiger partial charge in [-0.1, -0.05) is 6.92 Å². The minimum absolute atomic E-state index is 0.212. The van der Waals surface area contributed by atoms with E-state index in [-0.39, 0.29) is 5.75 Å². The Morgan fingerprint density at radius 3 is 2.53 bits per heavy atom. The maximum absolute atomic E-state index is 11.6. The first kappa shape index (κ1) is 14.9. The number of sulfonamides is 1. The van der Waals surface area contributed by atoms with E-state index < -0.39 is 10.0 Å². The lowest BCUT2D eigenvalue weighted by Gasteiger charge is -2.19. The van der Waals surface area contributed by atoms with Gasteiger partial charge in [-0.15, -0.1) is 0 Å². The number of rotatable bonds is 10. The van der Waals surface area contributed by atoms with Crippen molar-refractivity contribution in [1.82, 2.24) is 14.9 Å². The number of hydrogen-bond acceptors (Lipinski definition) is 4. The zero-order valence-electron chi connectivity index (χ0n) is 10.9. The van der Waals surface area contributed by atoms with Crippen LogP contribution in [0.2, 0.25) is 0 Å². The molecule has 5 nitrogen and oxygen atoms in total. The molecule has 0 bridgehead atoms. The fourth-order valence-electron chi connectivity index (χ4n) is 1.89. The Morgan fingerprint density at radius 2 is 2.00 bits per heavy atom. The second kappa shape index (κ2) is 7.31. The highest BCUT2D eigenvalue weighted by atomic mass is 32.2. The van der Waals surface area contributed by atoms with Crippen LogP contribution in [0.5, 0.6) is 0 Å². The Morgan fingerprint density at radius 1 is 1.29 bits per heavy atom. The summed E-state index contributed by atoms with van der Waals surface area (Å²) in [6.07, 6.45) is 3.19. The summed E-state index contributed by atoms with van der Waals surface area (Å²) >= 11 is 0. The third-order valence-corrected chi connectivity index (χ3v) is 4.50. The van der Waals surface area contributed by atoms with Gasteiger partial charge in [0.05, 0.1) is 5.75 Å². The van der Waals surface area contributed by atoms with Crippen LogP contribution < -0.4 is 10.0 Å². The topological polar surface area (TPSA) is 61.4 Å². The Hall–Kier alpha value is -0.170. The highest BCUT2D eigenvalue weighted by molar-refractivity contribution is 7.89. The molecule has 0 heterocycles. The lowest BCUT2D eigenvalue weighted by atomic mass is 10.4. The number of nitrogens with zero attached hydrogens (tertiary/aromatic N) is 1. The lowest BCUT2D eigenvalue weighted by molar-refractivity contribution is 0.282. The fraction of sp³-hybridized carbons (Fsp3) is 1.00. The monoisotopic (exact) mass is 263 g/mol. The molecule has 6 heteroatoms. The van der Waals surface area contributed by atoms with Crippen molar-refractivity contribution in [3.05, 3.63) is 0 Å². The van der Waals surface area contributed by atoms with E-state index in [2.05, 4.69) is 21.9 Å². The van der Waals surface area contributed by atoms with E-state index in [0.717, 1.165) is 19.6 Å². The largest absolute Gasteiger partial charge is 0.320 e. The van der Waals surface area contributed by atoms with Crippen LogP contribution in [0.3, 0.4) is 0 Å². The number of hydrogen-bond donors (Lipinski definition) is 2. The maximum atomic E-state index is 11.6. The molecular formula is C11H25N3O2S. The van der Waals surface area contributed by atoms with E-state index in [1.165, 1.54) is 12.8 Å². The molecule has 102 valence electrons. The third-order valence-electron chi connectivity index (χ3n) is 3.03. The fourth-order valence-corrected chi connectivity index (χ4v) is 2.97. The zero-order chi connectivity index (χ0) is 12.7. The molecule has 1 saturated carbocycles. The van der Waals surface area contributed by atoms with Crippen molar-refractivity contribution < 1.29 is 8.42 Å². The average Bonchev–Trinajstić information content (AvgIpc) is 3.08. The van der Waals surface area contributed by atoms with Crippen molar-refractivity contribution in [3.63, 3.8) is 0 Å². The number of nitrogens with one attached hydrogen (secondary N) is 2. The second-order valence-electron chi connectivity index (χ2n) is 4.53. The van der Waals surface area contributed by atoms with E-state index in [1.54, 1.807) is 0 Å². The van der Waals surface area contributed by atoms with E-state index in [0.29, 0.717) is 19.0 Å². The maximum Gasteiger partial charge on any atom is 0.211 e. The molecule has 0 aromatic heterocycles. The lowest BCUT2D eigenvalue weighted by Crippen LogP contribution is -2.37. The van der Waals surface area contributed by atoms with E-state index >= 15 is 0 Å². The standard InChI is InChI=1S/C11H25N3O2S/c1-3-14(11-5-6-11)9-8-13-17(15,16)10-4-7-12-2/h11-13H,3-10H2,1-2H3. The zero-order valence-corrected chi connectivity index (χ0v) is 11.7. The Labute approximate surface area is 105 Å². The van der Waals surface area contributed by atoms with Crippen LogP contribution in [-0.2, 0) is 10.0 Å². The first-order valence-corrected chi connectivity index (χ1v) is 8.10. The first-order valence-electron chi connectivity index (χ1n) is 6.45. The molecule has 1 aliphatic carbocycles. The second-order valence-corrected chi connectivity index (χ2v) is 6.46. The summed E-state index contributed by atoms with van der Waals surface area (Å²) in [5, 5.41) is 2.95. The highest BCUT2D eigenvalue weighted by Gasteiger charge is 2.27. The summed E-state index contributed by atoms with van der Waals surface area (Å²) in [7, 11) is -1.25. The molecule has 0 atom stereocenters. The van der Waals surface area contributed by atoms with Gasteiger partial charge in [-0.25, -0.2) is 13.1 Å². The van der Waals surface area contributed by atoms with Crippen molar-refractivity contribution in [2.24, 2.45) is 0 Å². The molecule has 0 amide bonds. The molecule has 17 heavy (non-hydrogen) atoms. The van der Waals surface area contributed by atoms with Gasteiger partial charge in [-0.3, -0.25) is 4.90 Å². The summed E-state index contributed by atoms with van der Waals surface area (Å²) in [5.74, 6) is 0.212. The molecule has 0 saturated heterocycles. The SMILES string of the molecule is CCN(CCNS(=O)(=O)CCCNC)C1CC1. The molecule has 0 aromatic carbocycles. The average molecular weight is 263 g/mol. The summed E-state index contributed by atoms with van der Waals surface area (Å²) < 4.78 is 25.9. The van der Waals surface area contributed by atoms with Crippen LogP contribution in [0.4, 0.5) is 0 Å². The van der Waals surface area contributed by atoms with E-state index in [9.17, 15) is 8.42 Å². The van der Waals surface area contributed by atoms with Crippen LogP contribution in [0, 0.1) is 0 Å². The van der Waals surface area contributed by atoms with Gasteiger partial charge in [0.2, 0.25) is 10.0 Å². The third kappa shape index (κ3) is 6.35. The quantitative estimate of drug-likeness (QED) is 0.545. The Balaban J connectivity index is 2.15. The molecule has 0 unspecified atom stereocenters. The van der Waals surface area contributed by atoms with Crippen LogP contribution in [0.25, 0.3) is 0 Å². The van der Waals surface area contributed by atoms with Crippen LogP contribution >= 0.6 is 0 Å². The molecule has 1 rings (SSSR count). The summed E-state index contributed by atoms with van der Waals surface area (Å²) in [6, 6.07) is 0.703. The molecular weight excluding hydrogens is 238 g/mol. The molecule has 0 aliphatic heterocycles. The first-order chi connectivity index (χ1) is 8.09. The van der Waals surface area contributed by atoms with Crippen LogP contribution in [0.15, 0.2) is 0 Å². The number of likely N-dealkylation sites (N-methyl/N-ethyl adjacent to an activating group) is 1. The van der Waals surface area contributed by atoms with Gasteiger partial charge in [0.15, 0.2) is 0 Å². The predicted octanol–water partition coefficient (Wildman–Crippen LogP) is -0.000400. The molecule has 0 aromatic rings. The van der Waals surface area contributed by atoms with E-state index in [1.807, 2.05) is 7.05 Å².